The van der Waals surface area contributed by atoms with Crippen LogP contribution in [-0.4, -0.2) is 21.0 Å². The third-order valence-electron chi connectivity index (χ3n) is 2.62. The summed E-state index contributed by atoms with van der Waals surface area (Å²) in [5, 5.41) is 31.9. The van der Waals surface area contributed by atoms with E-state index in [1.165, 1.54) is 18.9 Å². The molecule has 2 aromatic carbocycles. The molecule has 2 aromatic rings. The van der Waals surface area contributed by atoms with Gasteiger partial charge in [0.05, 0.1) is 11.0 Å². The van der Waals surface area contributed by atoms with E-state index < -0.39 is 28.0 Å². The molecule has 0 saturated carbocycles. The van der Waals surface area contributed by atoms with Crippen LogP contribution < -0.4 is 5.32 Å². The molecule has 8 heteroatoms. The topological polar surface area (TPSA) is 113 Å². The summed E-state index contributed by atoms with van der Waals surface area (Å²) in [4.78, 5) is 22.2. The Hall–Kier alpha value is -2.61. The summed E-state index contributed by atoms with van der Waals surface area (Å²) < 4.78 is 0.679. The van der Waals surface area contributed by atoms with Crippen molar-refractivity contribution in [2.75, 3.05) is 5.32 Å². The summed E-state index contributed by atoms with van der Waals surface area (Å²) in [5.74, 6) is -1.78. The summed E-state index contributed by atoms with van der Waals surface area (Å²) in [6, 6.07) is 8.14. The van der Waals surface area contributed by atoms with Crippen molar-refractivity contribution in [1.82, 2.24) is 0 Å². The van der Waals surface area contributed by atoms with Crippen LogP contribution in [-0.2, 0) is 0 Å². The van der Waals surface area contributed by atoms with E-state index in [1.807, 2.05) is 0 Å². The zero-order valence-corrected chi connectivity index (χ0v) is 17.4. The van der Waals surface area contributed by atoms with Gasteiger partial charge in [0.15, 0.2) is 11.5 Å². The number of nitrogens with one attached hydrogen (secondary N) is 1. The van der Waals surface area contributed by atoms with E-state index in [0.717, 1.165) is 12.1 Å². The molecule has 0 atom stereocenters. The number of carbonyl (C=O) groups excluding carboxylic acids is 1. The van der Waals surface area contributed by atoms with Crippen LogP contribution in [0.15, 0.2) is 40.9 Å². The number of benzene rings is 2. The van der Waals surface area contributed by atoms with Crippen LogP contribution in [0.3, 0.4) is 0 Å². The smallest absolute Gasteiger partial charge is 0.296 e. The first kappa shape index (κ1) is 24.4. The SMILES string of the molecule is CCC.CCC.O=C(Nc1cc(O)c(O)cc1[N+](=O)[O-])c1cccc(Br)c1. The maximum atomic E-state index is 12.0. The molecule has 0 aliphatic carbocycles. The molecular weight excluding hydrogens is 416 g/mol. The number of amides is 1. The lowest BCUT2D eigenvalue weighted by atomic mass is 10.2. The summed E-state index contributed by atoms with van der Waals surface area (Å²) in [5.41, 5.74) is -0.444. The number of nitro groups is 1. The lowest BCUT2D eigenvalue weighted by Gasteiger charge is -2.08. The second kappa shape index (κ2) is 12.7. The maximum Gasteiger partial charge on any atom is 0.296 e. The minimum Gasteiger partial charge on any atom is -0.504 e. The molecular formula is C19H25BrN2O5. The number of anilines is 1. The molecule has 0 spiro atoms. The average molecular weight is 441 g/mol. The zero-order valence-electron chi connectivity index (χ0n) is 15.8. The Morgan fingerprint density at radius 2 is 1.59 bits per heavy atom. The van der Waals surface area contributed by atoms with Crippen molar-refractivity contribution in [3.05, 3.63) is 56.5 Å². The standard InChI is InChI=1S/C13H9BrN2O5.2C3H8/c14-8-3-1-2-7(4-8)13(19)15-9-5-11(17)12(18)6-10(9)16(20)21;2*1-3-2/h1-6,17-18H,(H,15,19);2*3H2,1-2H3. The number of phenols is 2. The number of nitrogens with zero attached hydrogens (tertiary/aromatic N) is 1. The molecule has 0 saturated heterocycles. The Morgan fingerprint density at radius 1 is 1.07 bits per heavy atom. The second-order valence-corrected chi connectivity index (χ2v) is 6.41. The highest BCUT2D eigenvalue weighted by Crippen LogP contribution is 2.36. The van der Waals surface area contributed by atoms with Crippen molar-refractivity contribution in [2.24, 2.45) is 0 Å². The van der Waals surface area contributed by atoms with E-state index in [-0.39, 0.29) is 11.3 Å². The number of rotatable bonds is 3. The molecule has 27 heavy (non-hydrogen) atoms. The monoisotopic (exact) mass is 440 g/mol. The van der Waals surface area contributed by atoms with Gasteiger partial charge in [0.1, 0.15) is 5.69 Å². The van der Waals surface area contributed by atoms with Crippen molar-refractivity contribution in [1.29, 1.82) is 0 Å². The summed E-state index contributed by atoms with van der Waals surface area (Å²) in [6.45, 7) is 8.50. The van der Waals surface area contributed by atoms with Crippen molar-refractivity contribution < 1.29 is 19.9 Å². The van der Waals surface area contributed by atoms with Crippen LogP contribution >= 0.6 is 15.9 Å². The second-order valence-electron chi connectivity index (χ2n) is 5.49. The van der Waals surface area contributed by atoms with Crippen molar-refractivity contribution in [3.63, 3.8) is 0 Å². The van der Waals surface area contributed by atoms with Gasteiger partial charge in [-0.1, -0.05) is 62.5 Å². The lowest BCUT2D eigenvalue weighted by Crippen LogP contribution is -2.13. The Bertz CT molecular complexity index is 764. The third kappa shape index (κ3) is 8.54. The molecule has 0 aliphatic heterocycles. The van der Waals surface area contributed by atoms with Crippen molar-refractivity contribution >= 4 is 33.2 Å². The minimum atomic E-state index is -0.768. The molecule has 0 heterocycles. The molecule has 0 fully saturated rings. The van der Waals surface area contributed by atoms with E-state index >= 15 is 0 Å². The molecule has 1 amide bonds. The van der Waals surface area contributed by atoms with Gasteiger partial charge >= 0.3 is 0 Å². The fraction of sp³-hybridized carbons (Fsp3) is 0.316. The van der Waals surface area contributed by atoms with Crippen LogP contribution in [0.5, 0.6) is 11.5 Å². The van der Waals surface area contributed by atoms with Crippen molar-refractivity contribution in [3.8, 4) is 11.5 Å². The molecule has 148 valence electrons. The van der Waals surface area contributed by atoms with Crippen LogP contribution in [0.25, 0.3) is 0 Å². The molecule has 0 aromatic heterocycles. The van der Waals surface area contributed by atoms with E-state index in [1.54, 1.807) is 18.2 Å². The maximum absolute atomic E-state index is 12.0. The number of aromatic hydroxyl groups is 2. The molecule has 0 unspecified atom stereocenters. The lowest BCUT2D eigenvalue weighted by molar-refractivity contribution is -0.384. The van der Waals surface area contributed by atoms with Crippen LogP contribution in [0.2, 0.25) is 0 Å². The Kier molecular flexibility index (Phi) is 11.5. The number of halogens is 1. The summed E-state index contributed by atoms with van der Waals surface area (Å²) in [7, 11) is 0. The van der Waals surface area contributed by atoms with Gasteiger partial charge in [-0.25, -0.2) is 0 Å². The fourth-order valence-corrected chi connectivity index (χ4v) is 2.04. The van der Waals surface area contributed by atoms with Crippen LogP contribution in [0, 0.1) is 10.1 Å². The van der Waals surface area contributed by atoms with E-state index in [0.29, 0.717) is 4.47 Å². The highest BCUT2D eigenvalue weighted by molar-refractivity contribution is 9.10. The Balaban J connectivity index is 0.000000997. The summed E-state index contributed by atoms with van der Waals surface area (Å²) >= 11 is 3.21. The fourth-order valence-electron chi connectivity index (χ4n) is 1.64. The minimum absolute atomic E-state index is 0.208. The number of carbonyl (C=O) groups is 1. The van der Waals surface area contributed by atoms with Crippen molar-refractivity contribution in [2.45, 2.75) is 40.5 Å². The first-order valence-electron chi connectivity index (χ1n) is 8.48. The average Bonchev–Trinajstić information content (AvgIpc) is 2.59. The Morgan fingerprint density at radius 3 is 2.07 bits per heavy atom. The molecule has 0 radical (unpaired) electrons. The quantitative estimate of drug-likeness (QED) is 0.239. The van der Waals surface area contributed by atoms with Gasteiger partial charge in [0.2, 0.25) is 0 Å². The Labute approximate surface area is 167 Å². The highest BCUT2D eigenvalue weighted by atomic mass is 79.9. The molecule has 2 rings (SSSR count). The normalized spacial score (nSPS) is 9.22. The van der Waals surface area contributed by atoms with E-state index in [2.05, 4.69) is 48.9 Å². The van der Waals surface area contributed by atoms with Gasteiger partial charge < -0.3 is 15.5 Å². The molecule has 3 N–H and O–H groups in total. The van der Waals surface area contributed by atoms with E-state index in [9.17, 15) is 25.1 Å². The van der Waals surface area contributed by atoms with Gasteiger partial charge in [-0.3, -0.25) is 14.9 Å². The molecule has 0 aliphatic rings. The number of hydrogen-bond donors (Lipinski definition) is 3. The highest BCUT2D eigenvalue weighted by Gasteiger charge is 2.20. The molecule has 0 bridgehead atoms. The van der Waals surface area contributed by atoms with Gasteiger partial charge in [-0.2, -0.15) is 0 Å². The van der Waals surface area contributed by atoms with Gasteiger partial charge in [0, 0.05) is 16.1 Å². The number of nitro benzene ring substituents is 1. The number of hydrogen-bond acceptors (Lipinski definition) is 5. The number of phenolic OH excluding ortho intramolecular Hbond substituents is 2. The first-order valence-corrected chi connectivity index (χ1v) is 9.28. The van der Waals surface area contributed by atoms with Gasteiger partial charge in [0.25, 0.3) is 11.6 Å². The van der Waals surface area contributed by atoms with Gasteiger partial charge in [-0.05, 0) is 18.2 Å². The predicted molar refractivity (Wildman–Crippen MR) is 110 cm³/mol. The molecule has 7 nitrogen and oxygen atoms in total. The zero-order chi connectivity index (χ0) is 21.0. The van der Waals surface area contributed by atoms with Gasteiger partial charge in [-0.15, -0.1) is 0 Å². The summed E-state index contributed by atoms with van der Waals surface area (Å²) in [6.07, 6.45) is 2.50. The largest absolute Gasteiger partial charge is 0.504 e. The van der Waals surface area contributed by atoms with E-state index in [4.69, 9.17) is 0 Å². The first-order chi connectivity index (χ1) is 12.7. The third-order valence-corrected chi connectivity index (χ3v) is 3.12. The predicted octanol–water partition coefficient (Wildman–Crippen LogP) is 5.85. The van der Waals surface area contributed by atoms with Crippen LogP contribution in [0.1, 0.15) is 50.9 Å². The van der Waals surface area contributed by atoms with Crippen LogP contribution in [0.4, 0.5) is 11.4 Å².